The van der Waals surface area contributed by atoms with E-state index >= 15 is 0 Å². The molecule has 0 aliphatic heterocycles. The number of carbonyl (C=O) groups excluding carboxylic acids is 2. The highest BCUT2D eigenvalue weighted by molar-refractivity contribution is 6.02. The molecule has 2 N–H and O–H groups in total. The van der Waals surface area contributed by atoms with Crippen molar-refractivity contribution in [1.82, 2.24) is 20.0 Å². The maximum atomic E-state index is 12.4. The monoisotopic (exact) mass is 344 g/mol. The number of unbranched alkanes of at least 4 members (excludes halogenated alkanes) is 2. The quantitative estimate of drug-likeness (QED) is 0.687. The highest BCUT2D eigenvalue weighted by Gasteiger charge is 2.20. The molecule has 0 aromatic carbocycles. The van der Waals surface area contributed by atoms with Gasteiger partial charge >= 0.3 is 0 Å². The van der Waals surface area contributed by atoms with Crippen LogP contribution in [0.15, 0.2) is 24.4 Å². The summed E-state index contributed by atoms with van der Waals surface area (Å²) in [7, 11) is 0. The molecule has 0 spiro atoms. The molecule has 6 heteroatoms. The molecular formula is C19H28N4O2. The normalized spacial score (nSPS) is 11.0. The van der Waals surface area contributed by atoms with Crippen molar-refractivity contribution in [1.29, 1.82) is 0 Å². The van der Waals surface area contributed by atoms with Crippen LogP contribution in [0.25, 0.3) is 5.52 Å². The van der Waals surface area contributed by atoms with Crippen molar-refractivity contribution in [3.63, 3.8) is 0 Å². The summed E-state index contributed by atoms with van der Waals surface area (Å²) in [6.07, 6.45) is 5.78. The van der Waals surface area contributed by atoms with Gasteiger partial charge in [0.25, 0.3) is 11.8 Å². The first-order chi connectivity index (χ1) is 12.0. The average molecular weight is 344 g/mol. The van der Waals surface area contributed by atoms with Gasteiger partial charge in [-0.05, 0) is 30.9 Å². The Hall–Kier alpha value is -2.37. The number of carbonyl (C=O) groups is 2. The van der Waals surface area contributed by atoms with Crippen LogP contribution in [0.1, 0.15) is 67.6 Å². The van der Waals surface area contributed by atoms with Crippen molar-refractivity contribution >= 4 is 17.3 Å². The Balaban J connectivity index is 2.16. The van der Waals surface area contributed by atoms with E-state index in [2.05, 4.69) is 36.4 Å². The number of amides is 2. The van der Waals surface area contributed by atoms with Gasteiger partial charge in [0.05, 0.1) is 5.52 Å². The zero-order valence-corrected chi connectivity index (χ0v) is 15.3. The summed E-state index contributed by atoms with van der Waals surface area (Å²) < 4.78 is 1.67. The van der Waals surface area contributed by atoms with E-state index in [9.17, 15) is 9.59 Å². The largest absolute Gasteiger partial charge is 0.351 e. The lowest BCUT2D eigenvalue weighted by molar-refractivity contribution is 0.0941. The van der Waals surface area contributed by atoms with Crippen molar-refractivity contribution in [2.75, 3.05) is 13.1 Å². The predicted octanol–water partition coefficient (Wildman–Crippen LogP) is 3.03. The molecule has 0 saturated heterocycles. The highest BCUT2D eigenvalue weighted by atomic mass is 16.2. The van der Waals surface area contributed by atoms with E-state index in [1.54, 1.807) is 16.7 Å². The highest BCUT2D eigenvalue weighted by Crippen LogP contribution is 2.13. The minimum Gasteiger partial charge on any atom is -0.351 e. The van der Waals surface area contributed by atoms with Crippen LogP contribution in [0.5, 0.6) is 0 Å². The van der Waals surface area contributed by atoms with Gasteiger partial charge in [0, 0.05) is 19.3 Å². The van der Waals surface area contributed by atoms with E-state index in [0.29, 0.717) is 30.2 Å². The molecule has 2 amide bonds. The summed E-state index contributed by atoms with van der Waals surface area (Å²) in [6, 6.07) is 5.46. The van der Waals surface area contributed by atoms with Crippen LogP contribution in [-0.4, -0.2) is 34.3 Å². The summed E-state index contributed by atoms with van der Waals surface area (Å²) in [6.45, 7) is 7.55. The van der Waals surface area contributed by atoms with Gasteiger partial charge in [-0.15, -0.1) is 0 Å². The summed E-state index contributed by atoms with van der Waals surface area (Å²) in [5.41, 5.74) is 0.940. The summed E-state index contributed by atoms with van der Waals surface area (Å²) >= 11 is 0. The molecule has 136 valence electrons. The number of hydrogen-bond acceptors (Lipinski definition) is 3. The Kier molecular flexibility index (Phi) is 6.98. The third-order valence-electron chi connectivity index (χ3n) is 4.04. The number of hydrogen-bond donors (Lipinski definition) is 2. The zero-order chi connectivity index (χ0) is 18.2. The first-order valence-electron chi connectivity index (χ1n) is 9.08. The predicted molar refractivity (Wildman–Crippen MR) is 98.8 cm³/mol. The van der Waals surface area contributed by atoms with Crippen molar-refractivity contribution < 1.29 is 9.59 Å². The standard InChI is InChI=1S/C19H28N4O2/c1-4-5-7-11-20-18(24)16-15-9-6-8-13-23(15)17(22-16)19(25)21-12-10-14(2)3/h6,8-9,13-14H,4-5,7,10-12H2,1-3H3,(H,20,24)(H,21,25). The maximum absolute atomic E-state index is 12.4. The van der Waals surface area contributed by atoms with Gasteiger partial charge in [-0.25, -0.2) is 4.98 Å². The van der Waals surface area contributed by atoms with Crippen LogP contribution < -0.4 is 10.6 Å². The van der Waals surface area contributed by atoms with Crippen LogP contribution >= 0.6 is 0 Å². The summed E-state index contributed by atoms with van der Waals surface area (Å²) in [4.78, 5) is 29.2. The fraction of sp³-hybridized carbons (Fsp3) is 0.526. The number of imidazole rings is 1. The first-order valence-corrected chi connectivity index (χ1v) is 9.08. The van der Waals surface area contributed by atoms with E-state index in [1.165, 1.54) is 0 Å². The molecule has 0 aliphatic rings. The van der Waals surface area contributed by atoms with Gasteiger partial charge in [-0.3, -0.25) is 14.0 Å². The third kappa shape index (κ3) is 5.05. The molecule has 0 fully saturated rings. The summed E-state index contributed by atoms with van der Waals surface area (Å²) in [5.74, 6) is 0.271. The second-order valence-corrected chi connectivity index (χ2v) is 6.64. The lowest BCUT2D eigenvalue weighted by atomic mass is 10.1. The average Bonchev–Trinajstić information content (AvgIpc) is 2.98. The van der Waals surface area contributed by atoms with E-state index in [-0.39, 0.29) is 17.6 Å². The Labute approximate surface area is 149 Å². The van der Waals surface area contributed by atoms with Crippen molar-refractivity contribution in [3.05, 3.63) is 35.9 Å². The van der Waals surface area contributed by atoms with Gasteiger partial charge in [0.1, 0.15) is 0 Å². The minimum atomic E-state index is -0.258. The molecule has 0 saturated carbocycles. The lowest BCUT2D eigenvalue weighted by Gasteiger charge is -2.06. The molecule has 6 nitrogen and oxygen atoms in total. The minimum absolute atomic E-state index is 0.235. The van der Waals surface area contributed by atoms with E-state index in [4.69, 9.17) is 0 Å². The number of nitrogens with one attached hydrogen (secondary N) is 2. The molecule has 0 aliphatic carbocycles. The van der Waals surface area contributed by atoms with Crippen LogP contribution in [0.2, 0.25) is 0 Å². The molecule has 2 heterocycles. The van der Waals surface area contributed by atoms with Crippen molar-refractivity contribution in [3.8, 4) is 0 Å². The Morgan fingerprint density at radius 3 is 2.60 bits per heavy atom. The summed E-state index contributed by atoms with van der Waals surface area (Å²) in [5, 5.41) is 5.77. The second kappa shape index (κ2) is 9.20. The number of fused-ring (bicyclic) bond motifs is 1. The lowest BCUT2D eigenvalue weighted by Crippen LogP contribution is -2.28. The third-order valence-corrected chi connectivity index (χ3v) is 4.04. The van der Waals surface area contributed by atoms with Crippen molar-refractivity contribution in [2.24, 2.45) is 5.92 Å². The van der Waals surface area contributed by atoms with E-state index in [0.717, 1.165) is 25.7 Å². The molecule has 2 aromatic heterocycles. The SMILES string of the molecule is CCCCCNC(=O)c1nc(C(=O)NCCC(C)C)n2ccccc12. The fourth-order valence-corrected chi connectivity index (χ4v) is 2.58. The second-order valence-electron chi connectivity index (χ2n) is 6.64. The smallest absolute Gasteiger partial charge is 0.287 e. The Bertz CT molecular complexity index is 721. The molecular weight excluding hydrogens is 316 g/mol. The Morgan fingerprint density at radius 1 is 1.12 bits per heavy atom. The number of nitrogens with zero attached hydrogens (tertiary/aromatic N) is 2. The molecule has 0 unspecified atom stereocenters. The van der Waals surface area contributed by atoms with Gasteiger partial charge in [-0.1, -0.05) is 39.7 Å². The number of aromatic nitrogens is 2. The molecule has 0 bridgehead atoms. The molecule has 2 rings (SSSR count). The molecule has 0 atom stereocenters. The number of rotatable bonds is 9. The Morgan fingerprint density at radius 2 is 1.88 bits per heavy atom. The number of pyridine rings is 1. The topological polar surface area (TPSA) is 75.5 Å². The van der Waals surface area contributed by atoms with E-state index in [1.807, 2.05) is 12.1 Å². The van der Waals surface area contributed by atoms with Gasteiger partial charge < -0.3 is 10.6 Å². The van der Waals surface area contributed by atoms with Crippen LogP contribution in [0.4, 0.5) is 0 Å². The van der Waals surface area contributed by atoms with E-state index < -0.39 is 0 Å². The molecule has 2 aromatic rings. The van der Waals surface area contributed by atoms with Crippen molar-refractivity contribution in [2.45, 2.75) is 46.5 Å². The van der Waals surface area contributed by atoms with Crippen LogP contribution in [0.3, 0.4) is 0 Å². The van der Waals surface area contributed by atoms with Crippen LogP contribution in [0, 0.1) is 5.92 Å². The first kappa shape index (κ1) is 19.0. The van der Waals surface area contributed by atoms with Gasteiger partial charge in [0.15, 0.2) is 5.69 Å². The van der Waals surface area contributed by atoms with Crippen LogP contribution in [-0.2, 0) is 0 Å². The maximum Gasteiger partial charge on any atom is 0.287 e. The van der Waals surface area contributed by atoms with Gasteiger partial charge in [-0.2, -0.15) is 0 Å². The van der Waals surface area contributed by atoms with Gasteiger partial charge in [0.2, 0.25) is 5.82 Å². The molecule has 0 radical (unpaired) electrons. The fourth-order valence-electron chi connectivity index (χ4n) is 2.58. The zero-order valence-electron chi connectivity index (χ0n) is 15.3. The molecule has 25 heavy (non-hydrogen) atoms.